The van der Waals surface area contributed by atoms with Gasteiger partial charge in [-0.3, -0.25) is 19.2 Å². The molecule has 2 saturated carbocycles. The van der Waals surface area contributed by atoms with E-state index in [1.807, 2.05) is 60.7 Å². The lowest BCUT2D eigenvalue weighted by Gasteiger charge is -2.27. The van der Waals surface area contributed by atoms with Gasteiger partial charge in [0.05, 0.1) is 10.8 Å². The van der Waals surface area contributed by atoms with Crippen molar-refractivity contribution in [3.8, 4) is 0 Å². The minimum atomic E-state index is -0.361. The van der Waals surface area contributed by atoms with Gasteiger partial charge in [0, 0.05) is 49.5 Å². The number of rotatable bonds is 0. The Kier molecular flexibility index (Phi) is 4.12. The van der Waals surface area contributed by atoms with Gasteiger partial charge in [0.25, 0.3) is 0 Å². The summed E-state index contributed by atoms with van der Waals surface area (Å²) in [4.78, 5) is 52.2. The van der Waals surface area contributed by atoms with E-state index in [9.17, 15) is 19.2 Å². The number of amides is 2. The molecule has 0 bridgehead atoms. The third-order valence-corrected chi connectivity index (χ3v) is 9.08. The van der Waals surface area contributed by atoms with Gasteiger partial charge in [-0.2, -0.15) is 0 Å². The molecular formula is C30H26N2O4. The van der Waals surface area contributed by atoms with Gasteiger partial charge in [-0.05, 0) is 48.0 Å². The van der Waals surface area contributed by atoms with Gasteiger partial charge in [0.15, 0.2) is 11.6 Å². The average Bonchev–Trinajstić information content (AvgIpc) is 3.72. The Hall–Kier alpha value is -3.80. The van der Waals surface area contributed by atoms with Crippen molar-refractivity contribution >= 4 is 35.5 Å². The Bertz CT molecular complexity index is 1370. The van der Waals surface area contributed by atoms with E-state index < -0.39 is 0 Å². The Morgan fingerprint density at radius 2 is 1.08 bits per heavy atom. The quantitative estimate of drug-likeness (QED) is 0.569. The summed E-state index contributed by atoms with van der Waals surface area (Å²) in [6.45, 7) is 4.57. The number of fused-ring (bicyclic) bond motifs is 2. The maximum atomic E-state index is 12.7. The smallest absolute Gasteiger partial charge is 0.223 e. The van der Waals surface area contributed by atoms with Crippen LogP contribution in [0.25, 0.3) is 12.2 Å². The predicted octanol–water partition coefficient (Wildman–Crippen LogP) is 4.18. The van der Waals surface area contributed by atoms with Crippen molar-refractivity contribution in [1.29, 1.82) is 0 Å². The summed E-state index contributed by atoms with van der Waals surface area (Å²) in [7, 11) is 0. The number of carbonyl (C=O) groups is 4. The standard InChI is InChI=1S/2C15H13NO2/c2*1-9(17)16-8-11-7-15(11)13(16)6-10-4-2-3-5-12(10)14(15)18/h2*2-6,11H,7-8H2,1H3. The third-order valence-electron chi connectivity index (χ3n) is 9.08. The molecule has 2 saturated heterocycles. The van der Waals surface area contributed by atoms with Crippen LogP contribution in [0.15, 0.2) is 59.9 Å². The predicted molar refractivity (Wildman–Crippen MR) is 133 cm³/mol. The summed E-state index contributed by atoms with van der Waals surface area (Å²) in [5.74, 6) is 1.19. The highest BCUT2D eigenvalue weighted by atomic mass is 16.2. The second-order valence-electron chi connectivity index (χ2n) is 10.9. The first-order valence-corrected chi connectivity index (χ1v) is 12.6. The van der Waals surface area contributed by atoms with E-state index in [0.717, 1.165) is 46.5 Å². The van der Waals surface area contributed by atoms with Crippen molar-refractivity contribution < 1.29 is 19.2 Å². The molecule has 180 valence electrons. The lowest BCUT2D eigenvalue weighted by Crippen LogP contribution is -2.32. The van der Waals surface area contributed by atoms with Crippen LogP contribution < -0.4 is 0 Å². The molecule has 2 aromatic rings. The molecule has 6 aliphatic rings. The van der Waals surface area contributed by atoms with Crippen molar-refractivity contribution in [2.45, 2.75) is 26.7 Å². The molecule has 2 spiro atoms. The Balaban J connectivity index is 0.000000122. The number of hydrogen-bond acceptors (Lipinski definition) is 4. The summed E-state index contributed by atoms with van der Waals surface area (Å²) in [5.41, 5.74) is 4.67. The van der Waals surface area contributed by atoms with E-state index in [1.54, 1.807) is 23.6 Å². The fourth-order valence-electron chi connectivity index (χ4n) is 7.08. The van der Waals surface area contributed by atoms with E-state index in [1.165, 1.54) is 0 Å². The molecule has 4 aliphatic carbocycles. The van der Waals surface area contributed by atoms with Crippen LogP contribution in [0.3, 0.4) is 0 Å². The number of ketones is 2. The first-order chi connectivity index (χ1) is 17.3. The van der Waals surface area contributed by atoms with Gasteiger partial charge < -0.3 is 9.80 Å². The number of likely N-dealkylation sites (tertiary alicyclic amines) is 2. The number of piperidine rings is 2. The van der Waals surface area contributed by atoms with Gasteiger partial charge in [-0.1, -0.05) is 48.5 Å². The number of benzene rings is 2. The van der Waals surface area contributed by atoms with Crippen LogP contribution >= 0.6 is 0 Å². The van der Waals surface area contributed by atoms with Crippen LogP contribution in [0.2, 0.25) is 0 Å². The summed E-state index contributed by atoms with van der Waals surface area (Å²) in [6.07, 6.45) is 5.89. The lowest BCUT2D eigenvalue weighted by atomic mass is 9.83. The first-order valence-electron chi connectivity index (χ1n) is 12.6. The molecule has 0 aromatic heterocycles. The normalized spacial score (nSPS) is 31.4. The van der Waals surface area contributed by atoms with Crippen molar-refractivity contribution in [1.82, 2.24) is 9.80 Å². The van der Waals surface area contributed by atoms with Crippen molar-refractivity contribution in [2.75, 3.05) is 13.1 Å². The van der Waals surface area contributed by atoms with E-state index in [4.69, 9.17) is 0 Å². The fraction of sp³-hybridized carbons (Fsp3) is 0.333. The van der Waals surface area contributed by atoms with Crippen LogP contribution in [0, 0.1) is 22.7 Å². The number of hydrogen-bond donors (Lipinski definition) is 0. The molecule has 2 aromatic carbocycles. The Morgan fingerprint density at radius 3 is 1.47 bits per heavy atom. The Morgan fingerprint density at radius 1 is 0.694 bits per heavy atom. The van der Waals surface area contributed by atoms with Crippen LogP contribution in [-0.4, -0.2) is 46.3 Å². The third kappa shape index (κ3) is 2.56. The molecule has 2 heterocycles. The van der Waals surface area contributed by atoms with E-state index in [0.29, 0.717) is 24.9 Å². The Labute approximate surface area is 209 Å². The number of allylic oxidation sites excluding steroid dienone is 2. The molecule has 6 nitrogen and oxygen atoms in total. The summed E-state index contributed by atoms with van der Waals surface area (Å²) in [5, 5.41) is 0. The zero-order chi connectivity index (χ0) is 25.0. The maximum absolute atomic E-state index is 12.7. The second kappa shape index (κ2) is 6.90. The number of nitrogens with zero attached hydrogens (tertiary/aromatic N) is 2. The van der Waals surface area contributed by atoms with E-state index in [-0.39, 0.29) is 34.2 Å². The van der Waals surface area contributed by atoms with Crippen LogP contribution in [0.5, 0.6) is 0 Å². The molecule has 36 heavy (non-hydrogen) atoms. The van der Waals surface area contributed by atoms with Crippen LogP contribution in [-0.2, 0) is 9.59 Å². The first kappa shape index (κ1) is 21.5. The van der Waals surface area contributed by atoms with E-state index >= 15 is 0 Å². The summed E-state index contributed by atoms with van der Waals surface area (Å²) >= 11 is 0. The molecule has 4 fully saturated rings. The number of Topliss-reactive ketones (excluding diaryl/α,β-unsaturated/α-hetero) is 2. The van der Waals surface area contributed by atoms with Gasteiger partial charge in [0.2, 0.25) is 11.8 Å². The highest BCUT2D eigenvalue weighted by molar-refractivity contribution is 6.12. The van der Waals surface area contributed by atoms with Gasteiger partial charge >= 0.3 is 0 Å². The molecule has 4 unspecified atom stereocenters. The van der Waals surface area contributed by atoms with E-state index in [2.05, 4.69) is 0 Å². The van der Waals surface area contributed by atoms with Gasteiger partial charge in [0.1, 0.15) is 0 Å². The molecule has 2 aliphatic heterocycles. The largest absolute Gasteiger partial charge is 0.315 e. The van der Waals surface area contributed by atoms with Crippen LogP contribution in [0.1, 0.15) is 58.5 Å². The topological polar surface area (TPSA) is 74.8 Å². The zero-order valence-electron chi connectivity index (χ0n) is 20.3. The molecular weight excluding hydrogens is 452 g/mol. The molecule has 0 radical (unpaired) electrons. The minimum Gasteiger partial charge on any atom is -0.315 e. The van der Waals surface area contributed by atoms with Crippen LogP contribution in [0.4, 0.5) is 0 Å². The monoisotopic (exact) mass is 478 g/mol. The van der Waals surface area contributed by atoms with Gasteiger partial charge in [-0.25, -0.2) is 0 Å². The molecule has 6 heteroatoms. The van der Waals surface area contributed by atoms with Crippen molar-refractivity contribution in [3.05, 3.63) is 82.2 Å². The summed E-state index contributed by atoms with van der Waals surface area (Å²) in [6, 6.07) is 15.3. The fourth-order valence-corrected chi connectivity index (χ4v) is 7.08. The second-order valence-corrected chi connectivity index (χ2v) is 10.9. The number of carbonyl (C=O) groups excluding carboxylic acids is 4. The van der Waals surface area contributed by atoms with Crippen molar-refractivity contribution in [3.63, 3.8) is 0 Å². The average molecular weight is 479 g/mol. The summed E-state index contributed by atoms with van der Waals surface area (Å²) < 4.78 is 0. The highest BCUT2D eigenvalue weighted by Gasteiger charge is 2.70. The van der Waals surface area contributed by atoms with Crippen molar-refractivity contribution in [2.24, 2.45) is 22.7 Å². The molecule has 8 rings (SSSR count). The highest BCUT2D eigenvalue weighted by Crippen LogP contribution is 2.68. The SMILES string of the molecule is CC(=O)N1CC2CC23C(=O)c2ccccc2C=C13.CC(=O)N1CC2CC23C(=O)c2ccccc2C=C13. The van der Waals surface area contributed by atoms with Gasteiger partial charge in [-0.15, -0.1) is 0 Å². The minimum absolute atomic E-state index is 0.0417. The maximum Gasteiger partial charge on any atom is 0.223 e. The lowest BCUT2D eigenvalue weighted by molar-refractivity contribution is -0.127. The molecule has 2 amide bonds. The molecule has 4 atom stereocenters. The zero-order valence-corrected chi connectivity index (χ0v) is 20.3. The molecule has 0 N–H and O–H groups in total.